The Hall–Kier alpha value is -1.59. The molecule has 0 amide bonds. The van der Waals surface area contributed by atoms with Crippen molar-refractivity contribution in [3.05, 3.63) is 30.2 Å². The number of rotatable bonds is 4. The lowest BCUT2D eigenvalue weighted by Crippen LogP contribution is -2.17. The summed E-state index contributed by atoms with van der Waals surface area (Å²) in [4.78, 5) is 4.28. The van der Waals surface area contributed by atoms with Crippen LogP contribution in [0.1, 0.15) is 12.8 Å². The van der Waals surface area contributed by atoms with E-state index in [4.69, 9.17) is 15.0 Å². The molecule has 0 aliphatic heterocycles. The zero-order valence-corrected chi connectivity index (χ0v) is 11.1. The first kappa shape index (κ1) is 14.5. The van der Waals surface area contributed by atoms with Crippen LogP contribution in [0.2, 0.25) is 0 Å². The molecule has 1 aromatic heterocycles. The van der Waals surface area contributed by atoms with Crippen molar-refractivity contribution in [2.24, 2.45) is 5.73 Å². The van der Waals surface area contributed by atoms with E-state index in [1.54, 1.807) is 7.11 Å². The van der Waals surface area contributed by atoms with Crippen LogP contribution in [-0.4, -0.2) is 23.3 Å². The molecule has 5 nitrogen and oxygen atoms in total. The van der Waals surface area contributed by atoms with Crippen LogP contribution in [0.25, 0.3) is 11.4 Å². The van der Waals surface area contributed by atoms with Crippen molar-refractivity contribution in [2.75, 3.05) is 7.11 Å². The van der Waals surface area contributed by atoms with E-state index >= 15 is 0 Å². The fourth-order valence-corrected chi connectivity index (χ4v) is 1.49. The van der Waals surface area contributed by atoms with Gasteiger partial charge in [-0.25, -0.2) is 0 Å². The average Bonchev–Trinajstić information content (AvgIpc) is 2.77. The quantitative estimate of drug-likeness (QED) is 0.920. The van der Waals surface area contributed by atoms with E-state index in [-0.39, 0.29) is 18.4 Å². The van der Waals surface area contributed by atoms with Gasteiger partial charge in [-0.2, -0.15) is 4.98 Å². The lowest BCUT2D eigenvalue weighted by atomic mass is 10.2. The van der Waals surface area contributed by atoms with Gasteiger partial charge in [-0.1, -0.05) is 17.3 Å². The molecule has 1 aromatic carbocycles. The minimum Gasteiger partial charge on any atom is -0.497 e. The Balaban J connectivity index is 0.00000162. The first-order chi connectivity index (χ1) is 8.19. The summed E-state index contributed by atoms with van der Waals surface area (Å²) in [6, 6.07) is 7.53. The molecule has 0 radical (unpaired) electrons. The van der Waals surface area contributed by atoms with Crippen molar-refractivity contribution < 1.29 is 9.26 Å². The summed E-state index contributed by atoms with van der Waals surface area (Å²) in [5.74, 6) is 1.87. The summed E-state index contributed by atoms with van der Waals surface area (Å²) in [6.07, 6.45) is 0.580. The summed E-state index contributed by atoms with van der Waals surface area (Å²) in [7, 11) is 1.62. The van der Waals surface area contributed by atoms with E-state index in [0.29, 0.717) is 18.1 Å². The standard InChI is InChI=1S/C12H15N3O2.ClH/c1-8(13)6-11-14-12(15-17-11)9-4-3-5-10(7-9)16-2;/h3-5,7-8H,6,13H2,1-2H3;1H. The molecule has 0 fully saturated rings. The minimum atomic E-state index is 0. The van der Waals surface area contributed by atoms with Crippen LogP contribution >= 0.6 is 12.4 Å². The van der Waals surface area contributed by atoms with E-state index in [1.807, 2.05) is 31.2 Å². The average molecular weight is 270 g/mol. The summed E-state index contributed by atoms with van der Waals surface area (Å²) in [5.41, 5.74) is 6.54. The number of nitrogens with zero attached hydrogens (tertiary/aromatic N) is 2. The molecular weight excluding hydrogens is 254 g/mol. The number of methoxy groups -OCH3 is 1. The lowest BCUT2D eigenvalue weighted by molar-refractivity contribution is 0.372. The number of benzene rings is 1. The molecular formula is C12H16ClN3O2. The highest BCUT2D eigenvalue weighted by molar-refractivity contribution is 5.85. The third kappa shape index (κ3) is 3.45. The molecule has 6 heteroatoms. The van der Waals surface area contributed by atoms with E-state index in [2.05, 4.69) is 10.1 Å². The normalized spacial score (nSPS) is 11.7. The van der Waals surface area contributed by atoms with Crippen molar-refractivity contribution in [3.63, 3.8) is 0 Å². The van der Waals surface area contributed by atoms with Crippen molar-refractivity contribution in [2.45, 2.75) is 19.4 Å². The molecule has 2 N–H and O–H groups in total. The molecule has 1 unspecified atom stereocenters. The van der Waals surface area contributed by atoms with Crippen molar-refractivity contribution in [1.82, 2.24) is 10.1 Å². The molecule has 0 saturated carbocycles. The molecule has 2 aromatic rings. The maximum atomic E-state index is 5.67. The maximum absolute atomic E-state index is 5.67. The Kier molecular flexibility index (Phi) is 5.12. The van der Waals surface area contributed by atoms with Gasteiger partial charge in [0.2, 0.25) is 11.7 Å². The van der Waals surface area contributed by atoms with Crippen LogP contribution in [0.5, 0.6) is 5.75 Å². The highest BCUT2D eigenvalue weighted by Crippen LogP contribution is 2.21. The molecule has 0 aliphatic carbocycles. The Morgan fingerprint density at radius 1 is 1.44 bits per heavy atom. The Morgan fingerprint density at radius 3 is 2.89 bits per heavy atom. The van der Waals surface area contributed by atoms with Gasteiger partial charge in [0.1, 0.15) is 5.75 Å². The first-order valence-corrected chi connectivity index (χ1v) is 5.41. The van der Waals surface area contributed by atoms with Gasteiger partial charge in [0.15, 0.2) is 0 Å². The predicted molar refractivity (Wildman–Crippen MR) is 70.9 cm³/mol. The zero-order valence-electron chi connectivity index (χ0n) is 10.3. The monoisotopic (exact) mass is 269 g/mol. The summed E-state index contributed by atoms with van der Waals surface area (Å²) < 4.78 is 10.3. The fourth-order valence-electron chi connectivity index (χ4n) is 1.49. The molecule has 1 heterocycles. The van der Waals surface area contributed by atoms with Crippen LogP contribution in [-0.2, 0) is 6.42 Å². The van der Waals surface area contributed by atoms with Gasteiger partial charge in [-0.15, -0.1) is 12.4 Å². The van der Waals surface area contributed by atoms with Crippen molar-refractivity contribution in [1.29, 1.82) is 0 Å². The Labute approximate surface area is 112 Å². The molecule has 2 rings (SSSR count). The SMILES string of the molecule is COc1cccc(-c2noc(CC(C)N)n2)c1.Cl. The molecule has 0 saturated heterocycles. The highest BCUT2D eigenvalue weighted by Gasteiger charge is 2.10. The predicted octanol–water partition coefficient (Wildman–Crippen LogP) is 2.06. The summed E-state index contributed by atoms with van der Waals surface area (Å²) >= 11 is 0. The van der Waals surface area contributed by atoms with Crippen LogP contribution in [0, 0.1) is 0 Å². The third-order valence-electron chi connectivity index (χ3n) is 2.29. The highest BCUT2D eigenvalue weighted by atomic mass is 35.5. The number of nitrogens with two attached hydrogens (primary N) is 1. The smallest absolute Gasteiger partial charge is 0.228 e. The molecule has 0 spiro atoms. The second-order valence-corrected chi connectivity index (χ2v) is 3.93. The van der Waals surface area contributed by atoms with Gasteiger partial charge in [0, 0.05) is 18.0 Å². The minimum absolute atomic E-state index is 0. The largest absolute Gasteiger partial charge is 0.497 e. The molecule has 1 atom stereocenters. The number of ether oxygens (including phenoxy) is 1. The topological polar surface area (TPSA) is 74.2 Å². The molecule has 0 bridgehead atoms. The van der Waals surface area contributed by atoms with Gasteiger partial charge in [0.05, 0.1) is 7.11 Å². The summed E-state index contributed by atoms with van der Waals surface area (Å²) in [6.45, 7) is 1.90. The van der Waals surface area contributed by atoms with E-state index in [9.17, 15) is 0 Å². The van der Waals surface area contributed by atoms with E-state index in [1.165, 1.54) is 0 Å². The molecule has 18 heavy (non-hydrogen) atoms. The van der Waals surface area contributed by atoms with E-state index < -0.39 is 0 Å². The van der Waals surface area contributed by atoms with Crippen LogP contribution in [0.3, 0.4) is 0 Å². The third-order valence-corrected chi connectivity index (χ3v) is 2.29. The summed E-state index contributed by atoms with van der Waals surface area (Å²) in [5, 5.41) is 3.92. The first-order valence-electron chi connectivity index (χ1n) is 5.41. The van der Waals surface area contributed by atoms with Gasteiger partial charge in [-0.3, -0.25) is 0 Å². The number of hydrogen-bond acceptors (Lipinski definition) is 5. The van der Waals surface area contributed by atoms with Crippen LogP contribution in [0.15, 0.2) is 28.8 Å². The van der Waals surface area contributed by atoms with Gasteiger partial charge >= 0.3 is 0 Å². The van der Waals surface area contributed by atoms with Crippen molar-refractivity contribution in [3.8, 4) is 17.1 Å². The maximum Gasteiger partial charge on any atom is 0.228 e. The van der Waals surface area contributed by atoms with Crippen LogP contribution < -0.4 is 10.5 Å². The van der Waals surface area contributed by atoms with Gasteiger partial charge in [-0.05, 0) is 19.1 Å². The number of halogens is 1. The van der Waals surface area contributed by atoms with E-state index in [0.717, 1.165) is 11.3 Å². The Bertz CT molecular complexity index is 500. The fraction of sp³-hybridized carbons (Fsp3) is 0.333. The van der Waals surface area contributed by atoms with Crippen LogP contribution in [0.4, 0.5) is 0 Å². The van der Waals surface area contributed by atoms with Gasteiger partial charge < -0.3 is 15.0 Å². The second-order valence-electron chi connectivity index (χ2n) is 3.93. The Morgan fingerprint density at radius 2 is 2.22 bits per heavy atom. The zero-order chi connectivity index (χ0) is 12.3. The molecule has 0 aliphatic rings. The molecule has 98 valence electrons. The van der Waals surface area contributed by atoms with Gasteiger partial charge in [0.25, 0.3) is 0 Å². The second kappa shape index (κ2) is 6.37. The number of aromatic nitrogens is 2. The lowest BCUT2D eigenvalue weighted by Gasteiger charge is -2.00. The van der Waals surface area contributed by atoms with Crippen molar-refractivity contribution >= 4 is 12.4 Å². The number of hydrogen-bond donors (Lipinski definition) is 1.